The number of carbonyl (C=O) groups excluding carboxylic acids is 1. The molecule has 0 N–H and O–H groups in total. The van der Waals surface area contributed by atoms with E-state index >= 15 is 0 Å². The molecule has 3 heterocycles. The van der Waals surface area contributed by atoms with Crippen molar-refractivity contribution < 1.29 is 9.32 Å². The minimum atomic E-state index is 0.190. The second kappa shape index (κ2) is 7.58. The maximum Gasteiger partial charge on any atom is 0.241 e. The molecular formula is C20H26N4O2. The number of benzene rings is 1. The van der Waals surface area contributed by atoms with Gasteiger partial charge in [0.1, 0.15) is 0 Å². The van der Waals surface area contributed by atoms with Crippen molar-refractivity contribution in [1.82, 2.24) is 19.9 Å². The molecule has 4 rings (SSSR count). The lowest BCUT2D eigenvalue weighted by atomic mass is 9.95. The largest absolute Gasteiger partial charge is 0.342 e. The van der Waals surface area contributed by atoms with Crippen LogP contribution >= 0.6 is 0 Å². The fourth-order valence-corrected chi connectivity index (χ4v) is 3.86. The first kappa shape index (κ1) is 17.2. The van der Waals surface area contributed by atoms with Crippen LogP contribution in [0.25, 0.3) is 11.4 Å². The number of likely N-dealkylation sites (tertiary alicyclic amines) is 2. The van der Waals surface area contributed by atoms with E-state index in [2.05, 4.69) is 22.0 Å². The van der Waals surface area contributed by atoms with Crippen LogP contribution in [0.2, 0.25) is 0 Å². The number of piperidine rings is 1. The number of aromatic nitrogens is 2. The number of amides is 1. The van der Waals surface area contributed by atoms with Gasteiger partial charge in [-0.25, -0.2) is 0 Å². The third kappa shape index (κ3) is 3.80. The van der Waals surface area contributed by atoms with E-state index in [0.717, 1.165) is 57.4 Å². The lowest BCUT2D eigenvalue weighted by molar-refractivity contribution is -0.136. The van der Waals surface area contributed by atoms with Gasteiger partial charge < -0.3 is 9.42 Å². The maximum atomic E-state index is 12.5. The molecule has 2 saturated heterocycles. The van der Waals surface area contributed by atoms with Crippen LogP contribution < -0.4 is 0 Å². The van der Waals surface area contributed by atoms with Crippen LogP contribution in [-0.4, -0.2) is 52.0 Å². The van der Waals surface area contributed by atoms with Crippen molar-refractivity contribution in [2.45, 2.75) is 39.2 Å². The van der Waals surface area contributed by atoms with E-state index in [0.29, 0.717) is 24.2 Å². The van der Waals surface area contributed by atoms with Gasteiger partial charge in [0.2, 0.25) is 17.6 Å². The number of hydrogen-bond acceptors (Lipinski definition) is 5. The molecule has 2 aromatic rings. The van der Waals surface area contributed by atoms with Gasteiger partial charge in [-0.3, -0.25) is 9.69 Å². The topological polar surface area (TPSA) is 62.5 Å². The van der Waals surface area contributed by atoms with E-state index in [-0.39, 0.29) is 5.92 Å². The molecule has 0 aliphatic carbocycles. The zero-order valence-corrected chi connectivity index (χ0v) is 15.4. The molecule has 138 valence electrons. The first-order valence-electron chi connectivity index (χ1n) is 9.60. The number of carbonyl (C=O) groups is 1. The molecule has 0 saturated carbocycles. The molecule has 2 aliphatic heterocycles. The van der Waals surface area contributed by atoms with Gasteiger partial charge >= 0.3 is 0 Å². The van der Waals surface area contributed by atoms with Crippen LogP contribution in [0.3, 0.4) is 0 Å². The zero-order chi connectivity index (χ0) is 17.9. The lowest BCUT2D eigenvalue weighted by Gasteiger charge is -2.32. The third-order valence-electron chi connectivity index (χ3n) is 5.49. The molecule has 0 unspecified atom stereocenters. The Labute approximate surface area is 154 Å². The SMILES string of the molecule is Cc1ccc(-c2noc(CN3CCC(C(=O)N4CCCC4)CC3)n2)cc1. The summed E-state index contributed by atoms with van der Waals surface area (Å²) in [4.78, 5) is 21.4. The Morgan fingerprint density at radius 3 is 2.50 bits per heavy atom. The predicted octanol–water partition coefficient (Wildman–Crippen LogP) is 2.88. The highest BCUT2D eigenvalue weighted by Gasteiger charge is 2.30. The van der Waals surface area contributed by atoms with E-state index in [4.69, 9.17) is 4.52 Å². The van der Waals surface area contributed by atoms with E-state index in [1.54, 1.807) is 0 Å². The molecule has 1 amide bonds. The molecule has 0 radical (unpaired) electrons. The molecule has 1 aromatic carbocycles. The van der Waals surface area contributed by atoms with E-state index < -0.39 is 0 Å². The summed E-state index contributed by atoms with van der Waals surface area (Å²) in [5, 5.41) is 4.10. The molecule has 0 bridgehead atoms. The molecular weight excluding hydrogens is 328 g/mol. The normalized spacial score (nSPS) is 19.2. The Balaban J connectivity index is 1.30. The smallest absolute Gasteiger partial charge is 0.241 e. The van der Waals surface area contributed by atoms with Crippen molar-refractivity contribution in [3.05, 3.63) is 35.7 Å². The molecule has 0 atom stereocenters. The highest BCUT2D eigenvalue weighted by atomic mass is 16.5. The second-order valence-corrected chi connectivity index (χ2v) is 7.46. The fraction of sp³-hybridized carbons (Fsp3) is 0.550. The molecule has 0 spiro atoms. The maximum absolute atomic E-state index is 12.5. The van der Waals surface area contributed by atoms with Crippen LogP contribution in [0, 0.1) is 12.8 Å². The molecule has 2 fully saturated rings. The standard InChI is InChI=1S/C20H26N4O2/c1-15-4-6-16(7-5-15)19-21-18(26-22-19)14-23-12-8-17(9-13-23)20(25)24-10-2-3-11-24/h4-7,17H,2-3,8-14H2,1H3. The van der Waals surface area contributed by atoms with Gasteiger partial charge in [-0.05, 0) is 45.7 Å². The summed E-state index contributed by atoms with van der Waals surface area (Å²) in [6.45, 7) is 6.43. The van der Waals surface area contributed by atoms with Gasteiger partial charge in [0.05, 0.1) is 6.54 Å². The quantitative estimate of drug-likeness (QED) is 0.845. The van der Waals surface area contributed by atoms with Crippen molar-refractivity contribution in [2.75, 3.05) is 26.2 Å². The fourth-order valence-electron chi connectivity index (χ4n) is 3.86. The van der Waals surface area contributed by atoms with Crippen molar-refractivity contribution in [3.63, 3.8) is 0 Å². The Kier molecular flexibility index (Phi) is 5.02. The van der Waals surface area contributed by atoms with Gasteiger partial charge in [0.15, 0.2) is 0 Å². The third-order valence-corrected chi connectivity index (χ3v) is 5.49. The number of hydrogen-bond donors (Lipinski definition) is 0. The monoisotopic (exact) mass is 354 g/mol. The summed E-state index contributed by atoms with van der Waals surface area (Å²) >= 11 is 0. The Hall–Kier alpha value is -2.21. The molecule has 1 aromatic heterocycles. The summed E-state index contributed by atoms with van der Waals surface area (Å²) in [7, 11) is 0. The van der Waals surface area contributed by atoms with E-state index in [1.165, 1.54) is 5.56 Å². The molecule has 2 aliphatic rings. The number of rotatable bonds is 4. The second-order valence-electron chi connectivity index (χ2n) is 7.46. The van der Waals surface area contributed by atoms with Crippen LogP contribution in [-0.2, 0) is 11.3 Å². The van der Waals surface area contributed by atoms with Gasteiger partial charge in [0.25, 0.3) is 0 Å². The molecule has 6 heteroatoms. The minimum Gasteiger partial charge on any atom is -0.342 e. The van der Waals surface area contributed by atoms with Crippen LogP contribution in [0.1, 0.15) is 37.1 Å². The minimum absolute atomic E-state index is 0.190. The summed E-state index contributed by atoms with van der Waals surface area (Å²) < 4.78 is 5.43. The summed E-state index contributed by atoms with van der Waals surface area (Å²) in [6, 6.07) is 8.12. The predicted molar refractivity (Wildman–Crippen MR) is 98.3 cm³/mol. The van der Waals surface area contributed by atoms with Crippen molar-refractivity contribution in [2.24, 2.45) is 5.92 Å². The average Bonchev–Trinajstić information content (AvgIpc) is 3.35. The Morgan fingerprint density at radius 2 is 1.81 bits per heavy atom. The number of aryl methyl sites for hydroxylation is 1. The molecule has 26 heavy (non-hydrogen) atoms. The van der Waals surface area contributed by atoms with Crippen LogP contribution in [0.15, 0.2) is 28.8 Å². The highest BCUT2D eigenvalue weighted by molar-refractivity contribution is 5.79. The first-order valence-corrected chi connectivity index (χ1v) is 9.60. The average molecular weight is 354 g/mol. The summed E-state index contributed by atoms with van der Waals surface area (Å²) in [5.41, 5.74) is 2.18. The zero-order valence-electron chi connectivity index (χ0n) is 15.4. The first-order chi connectivity index (χ1) is 12.7. The van der Waals surface area contributed by atoms with E-state index in [1.807, 2.05) is 29.2 Å². The highest BCUT2D eigenvalue weighted by Crippen LogP contribution is 2.23. The Bertz CT molecular complexity index is 741. The van der Waals surface area contributed by atoms with Crippen molar-refractivity contribution >= 4 is 5.91 Å². The van der Waals surface area contributed by atoms with Crippen LogP contribution in [0.4, 0.5) is 0 Å². The summed E-state index contributed by atoms with van der Waals surface area (Å²) in [6.07, 6.45) is 4.17. The molecule has 6 nitrogen and oxygen atoms in total. The van der Waals surface area contributed by atoms with Gasteiger partial charge in [0, 0.05) is 24.6 Å². The van der Waals surface area contributed by atoms with E-state index in [9.17, 15) is 4.79 Å². The Morgan fingerprint density at radius 1 is 1.12 bits per heavy atom. The lowest BCUT2D eigenvalue weighted by Crippen LogP contribution is -2.41. The van der Waals surface area contributed by atoms with Crippen LogP contribution in [0.5, 0.6) is 0 Å². The van der Waals surface area contributed by atoms with Crippen molar-refractivity contribution in [3.8, 4) is 11.4 Å². The van der Waals surface area contributed by atoms with Gasteiger partial charge in [-0.1, -0.05) is 35.0 Å². The summed E-state index contributed by atoms with van der Waals surface area (Å²) in [5.74, 6) is 1.83. The van der Waals surface area contributed by atoms with Crippen molar-refractivity contribution in [1.29, 1.82) is 0 Å². The van der Waals surface area contributed by atoms with Gasteiger partial charge in [-0.15, -0.1) is 0 Å². The van der Waals surface area contributed by atoms with Gasteiger partial charge in [-0.2, -0.15) is 4.98 Å². The number of nitrogens with zero attached hydrogens (tertiary/aromatic N) is 4.